The van der Waals surface area contributed by atoms with Crippen molar-refractivity contribution in [1.29, 1.82) is 0 Å². The molecule has 5 heterocycles. The molecular weight excluding hydrogens is 396 g/mol. The molecule has 1 amide bonds. The van der Waals surface area contributed by atoms with Crippen LogP contribution < -0.4 is 15.3 Å². The molecule has 0 radical (unpaired) electrons. The van der Waals surface area contributed by atoms with E-state index >= 15 is 0 Å². The summed E-state index contributed by atoms with van der Waals surface area (Å²) in [4.78, 5) is 33.7. The summed E-state index contributed by atoms with van der Waals surface area (Å²) in [6, 6.07) is 5.57. The highest BCUT2D eigenvalue weighted by Gasteiger charge is 2.26. The molecule has 162 valence electrons. The van der Waals surface area contributed by atoms with E-state index in [4.69, 9.17) is 4.74 Å². The molecule has 9 nitrogen and oxygen atoms in total. The zero-order chi connectivity index (χ0) is 21.5. The second-order valence-corrected chi connectivity index (χ2v) is 8.44. The number of aryl methyl sites for hydroxylation is 1. The minimum absolute atomic E-state index is 0.0109. The van der Waals surface area contributed by atoms with Gasteiger partial charge in [-0.2, -0.15) is 5.10 Å². The van der Waals surface area contributed by atoms with Crippen molar-refractivity contribution >= 4 is 23.1 Å². The Hall–Kier alpha value is -3.36. The number of anilines is 2. The van der Waals surface area contributed by atoms with Crippen LogP contribution in [0.4, 0.5) is 11.5 Å². The Morgan fingerprint density at radius 1 is 1.19 bits per heavy atom. The predicted octanol–water partition coefficient (Wildman–Crippen LogP) is 2.22. The first-order valence-electron chi connectivity index (χ1n) is 10.8. The molecular formula is C22H26N6O3. The van der Waals surface area contributed by atoms with E-state index in [1.165, 1.54) is 15.5 Å². The van der Waals surface area contributed by atoms with E-state index in [1.807, 2.05) is 23.1 Å². The molecule has 3 aromatic heterocycles. The average molecular weight is 422 g/mol. The Morgan fingerprint density at radius 2 is 2.00 bits per heavy atom. The molecule has 1 saturated heterocycles. The van der Waals surface area contributed by atoms with Gasteiger partial charge in [0.15, 0.2) is 17.2 Å². The van der Waals surface area contributed by atoms with Gasteiger partial charge < -0.3 is 14.5 Å². The third-order valence-corrected chi connectivity index (χ3v) is 5.96. The molecule has 0 spiro atoms. The standard InChI is InChI=1S/C22H26N6O3/c1-15-13-28(17-6-9-27-19(11-17)24-25(2)22(27)30)20-18(31-14-15)10-16(12-23-20)21(29)26-7-4-3-5-8-26/h6,9-12,15H,3-5,7-8,13-14H2,1-2H3/t15-/m0/s1. The lowest BCUT2D eigenvalue weighted by molar-refractivity contribution is 0.0723. The number of aromatic nitrogens is 4. The van der Waals surface area contributed by atoms with Gasteiger partial charge in [-0.1, -0.05) is 6.92 Å². The molecule has 3 aromatic rings. The first-order valence-corrected chi connectivity index (χ1v) is 10.8. The Bertz CT molecular complexity index is 1190. The van der Waals surface area contributed by atoms with Crippen LogP contribution in [0.5, 0.6) is 5.75 Å². The number of likely N-dealkylation sites (tertiary alicyclic amines) is 1. The number of fused-ring (bicyclic) bond motifs is 2. The van der Waals surface area contributed by atoms with Crippen LogP contribution in [0.15, 0.2) is 35.4 Å². The van der Waals surface area contributed by atoms with Gasteiger partial charge in [-0.25, -0.2) is 14.5 Å². The Morgan fingerprint density at radius 3 is 2.81 bits per heavy atom. The molecule has 0 aromatic carbocycles. The molecule has 0 saturated carbocycles. The van der Waals surface area contributed by atoms with Gasteiger partial charge in [0.1, 0.15) is 0 Å². The number of amides is 1. The number of carbonyl (C=O) groups excluding carboxylic acids is 1. The number of hydrogen-bond donors (Lipinski definition) is 0. The Kier molecular flexibility index (Phi) is 4.88. The second kappa shape index (κ2) is 7.72. The van der Waals surface area contributed by atoms with Crippen LogP contribution in [0.25, 0.3) is 5.65 Å². The normalized spacial score (nSPS) is 19.1. The maximum absolute atomic E-state index is 12.9. The van der Waals surface area contributed by atoms with E-state index in [9.17, 15) is 9.59 Å². The Labute approximate surface area is 179 Å². The first kappa shape index (κ1) is 19.6. The lowest BCUT2D eigenvalue weighted by Gasteiger charge is -2.27. The molecule has 9 heteroatoms. The van der Waals surface area contributed by atoms with Gasteiger partial charge in [0, 0.05) is 56.7 Å². The van der Waals surface area contributed by atoms with Crippen molar-refractivity contribution in [2.45, 2.75) is 26.2 Å². The highest BCUT2D eigenvalue weighted by molar-refractivity contribution is 5.95. The monoisotopic (exact) mass is 422 g/mol. The topological polar surface area (TPSA) is 85.0 Å². The van der Waals surface area contributed by atoms with Crippen LogP contribution in [0.2, 0.25) is 0 Å². The van der Waals surface area contributed by atoms with Crippen LogP contribution in [0.1, 0.15) is 36.5 Å². The second-order valence-electron chi connectivity index (χ2n) is 8.44. The first-order chi connectivity index (χ1) is 15.0. The highest BCUT2D eigenvalue weighted by Crippen LogP contribution is 2.36. The largest absolute Gasteiger partial charge is 0.489 e. The zero-order valence-corrected chi connectivity index (χ0v) is 17.8. The van der Waals surface area contributed by atoms with Gasteiger partial charge in [0.05, 0.1) is 12.2 Å². The van der Waals surface area contributed by atoms with Crippen molar-refractivity contribution in [3.05, 3.63) is 46.6 Å². The van der Waals surface area contributed by atoms with E-state index in [0.717, 1.165) is 31.6 Å². The number of pyridine rings is 2. The van der Waals surface area contributed by atoms with Gasteiger partial charge in [0.25, 0.3) is 5.91 Å². The molecule has 31 heavy (non-hydrogen) atoms. The summed E-state index contributed by atoms with van der Waals surface area (Å²) in [7, 11) is 1.63. The minimum Gasteiger partial charge on any atom is -0.489 e. The van der Waals surface area contributed by atoms with Crippen molar-refractivity contribution < 1.29 is 9.53 Å². The molecule has 2 aliphatic rings. The summed E-state index contributed by atoms with van der Waals surface area (Å²) >= 11 is 0. The summed E-state index contributed by atoms with van der Waals surface area (Å²) in [6.45, 7) is 4.94. The number of ether oxygens (including phenoxy) is 1. The lowest BCUT2D eigenvalue weighted by Crippen LogP contribution is -2.35. The SMILES string of the molecule is C[C@@H]1COc2cc(C(=O)N3CCCCC3)cnc2N(c2ccn3c(=O)n(C)nc3c2)C1. The fourth-order valence-electron chi connectivity index (χ4n) is 4.29. The minimum atomic E-state index is -0.187. The average Bonchev–Trinajstić information content (AvgIpc) is 2.97. The predicted molar refractivity (Wildman–Crippen MR) is 116 cm³/mol. The molecule has 5 rings (SSSR count). The van der Waals surface area contributed by atoms with Crippen molar-refractivity contribution in [1.82, 2.24) is 24.1 Å². The van der Waals surface area contributed by atoms with Crippen LogP contribution in [-0.2, 0) is 7.05 Å². The molecule has 0 unspecified atom stereocenters. The smallest absolute Gasteiger partial charge is 0.350 e. The molecule has 1 atom stereocenters. The van der Waals surface area contributed by atoms with Crippen LogP contribution >= 0.6 is 0 Å². The molecule has 0 N–H and O–H groups in total. The molecule has 2 aliphatic heterocycles. The van der Waals surface area contributed by atoms with Gasteiger partial charge in [-0.15, -0.1) is 0 Å². The van der Waals surface area contributed by atoms with Gasteiger partial charge >= 0.3 is 5.69 Å². The van der Waals surface area contributed by atoms with Crippen molar-refractivity contribution in [3.8, 4) is 5.75 Å². The highest BCUT2D eigenvalue weighted by atomic mass is 16.5. The van der Waals surface area contributed by atoms with E-state index in [-0.39, 0.29) is 17.5 Å². The van der Waals surface area contributed by atoms with Crippen molar-refractivity contribution in [2.75, 3.05) is 31.1 Å². The van der Waals surface area contributed by atoms with Gasteiger partial charge in [0.2, 0.25) is 0 Å². The number of rotatable bonds is 2. The van der Waals surface area contributed by atoms with Gasteiger partial charge in [-0.05, 0) is 31.4 Å². The van der Waals surface area contributed by atoms with E-state index < -0.39 is 0 Å². The van der Waals surface area contributed by atoms with E-state index in [0.29, 0.717) is 35.9 Å². The maximum Gasteiger partial charge on any atom is 0.350 e. The van der Waals surface area contributed by atoms with E-state index in [2.05, 4.69) is 21.9 Å². The zero-order valence-electron chi connectivity index (χ0n) is 17.8. The van der Waals surface area contributed by atoms with Crippen molar-refractivity contribution in [3.63, 3.8) is 0 Å². The molecule has 0 aliphatic carbocycles. The lowest BCUT2D eigenvalue weighted by atomic mass is 10.1. The fourth-order valence-corrected chi connectivity index (χ4v) is 4.29. The maximum atomic E-state index is 12.9. The van der Waals surface area contributed by atoms with Crippen molar-refractivity contribution in [2.24, 2.45) is 13.0 Å². The quantitative estimate of drug-likeness (QED) is 0.630. The summed E-state index contributed by atoms with van der Waals surface area (Å²) in [6.07, 6.45) is 6.64. The summed E-state index contributed by atoms with van der Waals surface area (Å²) in [5.41, 5.74) is 1.82. The number of hydrogen-bond acceptors (Lipinski definition) is 6. The number of piperidine rings is 1. The third kappa shape index (κ3) is 3.54. The van der Waals surface area contributed by atoms with E-state index in [1.54, 1.807) is 19.4 Å². The summed E-state index contributed by atoms with van der Waals surface area (Å²) in [5.74, 6) is 1.53. The fraction of sp³-hybridized carbons (Fsp3) is 0.455. The number of nitrogens with zero attached hydrogens (tertiary/aromatic N) is 6. The molecule has 1 fully saturated rings. The van der Waals surface area contributed by atoms with Gasteiger partial charge in [-0.3, -0.25) is 9.20 Å². The number of carbonyl (C=O) groups is 1. The summed E-state index contributed by atoms with van der Waals surface area (Å²) < 4.78 is 8.88. The molecule has 0 bridgehead atoms. The van der Waals surface area contributed by atoms with Crippen LogP contribution in [0.3, 0.4) is 0 Å². The Balaban J connectivity index is 1.52. The third-order valence-electron chi connectivity index (χ3n) is 5.96. The van der Waals surface area contributed by atoms with Crippen LogP contribution in [0, 0.1) is 5.92 Å². The summed E-state index contributed by atoms with van der Waals surface area (Å²) in [5, 5.41) is 4.29. The van der Waals surface area contributed by atoms with Crippen LogP contribution in [-0.4, -0.2) is 56.2 Å².